The second-order valence-electron chi connectivity index (χ2n) is 5.71. The van der Waals surface area contributed by atoms with Gasteiger partial charge in [-0.05, 0) is 43.4 Å². The van der Waals surface area contributed by atoms with E-state index in [9.17, 15) is 0 Å². The van der Waals surface area contributed by atoms with Crippen molar-refractivity contribution in [1.82, 2.24) is 5.32 Å². The fourth-order valence-corrected chi connectivity index (χ4v) is 1.78. The summed E-state index contributed by atoms with van der Waals surface area (Å²) in [6.45, 7) is 10.4. The first-order valence-electron chi connectivity index (χ1n) is 7.59. The van der Waals surface area contributed by atoms with E-state index in [4.69, 9.17) is 9.47 Å². The molecule has 0 aliphatic carbocycles. The molecule has 0 amide bonds. The molecule has 114 valence electrons. The van der Waals surface area contributed by atoms with Gasteiger partial charge in [-0.3, -0.25) is 0 Å². The Morgan fingerprint density at radius 1 is 1.15 bits per heavy atom. The third-order valence-electron chi connectivity index (χ3n) is 3.45. The van der Waals surface area contributed by atoms with E-state index in [0.717, 1.165) is 37.5 Å². The number of hydrogen-bond acceptors (Lipinski definition) is 3. The van der Waals surface area contributed by atoms with Crippen molar-refractivity contribution >= 4 is 0 Å². The van der Waals surface area contributed by atoms with E-state index >= 15 is 0 Å². The molecule has 1 aromatic rings. The summed E-state index contributed by atoms with van der Waals surface area (Å²) in [5, 5.41) is 3.48. The van der Waals surface area contributed by atoms with Gasteiger partial charge in [-0.15, -0.1) is 0 Å². The van der Waals surface area contributed by atoms with E-state index in [1.807, 2.05) is 6.07 Å². The lowest BCUT2D eigenvalue weighted by Crippen LogP contribution is -2.24. The SMILES string of the molecule is CCC(C)NCc1ccc(OCCC(C)C)c(OC)c1. The molecule has 0 aromatic heterocycles. The quantitative estimate of drug-likeness (QED) is 0.741. The van der Waals surface area contributed by atoms with Gasteiger partial charge in [0.2, 0.25) is 0 Å². The molecule has 0 heterocycles. The van der Waals surface area contributed by atoms with Gasteiger partial charge >= 0.3 is 0 Å². The van der Waals surface area contributed by atoms with Gasteiger partial charge in [-0.1, -0.05) is 26.8 Å². The van der Waals surface area contributed by atoms with Crippen molar-refractivity contribution in [3.8, 4) is 11.5 Å². The maximum atomic E-state index is 5.80. The van der Waals surface area contributed by atoms with Gasteiger partial charge in [0.05, 0.1) is 13.7 Å². The standard InChI is InChI=1S/C17H29NO2/c1-6-14(4)18-12-15-7-8-16(17(11-15)19-5)20-10-9-13(2)3/h7-8,11,13-14,18H,6,9-10,12H2,1-5H3. The number of rotatable bonds is 9. The number of methoxy groups -OCH3 is 1. The fraction of sp³-hybridized carbons (Fsp3) is 0.647. The zero-order chi connectivity index (χ0) is 15.0. The van der Waals surface area contributed by atoms with Crippen LogP contribution < -0.4 is 14.8 Å². The van der Waals surface area contributed by atoms with Crippen molar-refractivity contribution in [2.45, 2.75) is 53.1 Å². The minimum Gasteiger partial charge on any atom is -0.493 e. The molecular weight excluding hydrogens is 250 g/mol. The van der Waals surface area contributed by atoms with Crippen molar-refractivity contribution in [3.63, 3.8) is 0 Å². The molecule has 1 aromatic carbocycles. The Hall–Kier alpha value is -1.22. The Kier molecular flexibility index (Phi) is 7.45. The van der Waals surface area contributed by atoms with Crippen LogP contribution in [0.4, 0.5) is 0 Å². The third kappa shape index (κ3) is 5.83. The van der Waals surface area contributed by atoms with Crippen LogP contribution in [0.2, 0.25) is 0 Å². The highest BCUT2D eigenvalue weighted by atomic mass is 16.5. The van der Waals surface area contributed by atoms with E-state index in [0.29, 0.717) is 12.0 Å². The van der Waals surface area contributed by atoms with Crippen LogP contribution in [0.3, 0.4) is 0 Å². The molecule has 0 saturated heterocycles. The first kappa shape index (κ1) is 16.8. The van der Waals surface area contributed by atoms with Crippen LogP contribution in [0.1, 0.15) is 46.1 Å². The number of hydrogen-bond donors (Lipinski definition) is 1. The summed E-state index contributed by atoms with van der Waals surface area (Å²) in [5.41, 5.74) is 1.22. The molecule has 0 aliphatic heterocycles. The monoisotopic (exact) mass is 279 g/mol. The van der Waals surface area contributed by atoms with E-state index in [2.05, 4.69) is 45.1 Å². The molecular formula is C17H29NO2. The predicted octanol–water partition coefficient (Wildman–Crippen LogP) is 4.01. The Morgan fingerprint density at radius 2 is 1.90 bits per heavy atom. The van der Waals surface area contributed by atoms with Crippen molar-refractivity contribution in [2.24, 2.45) is 5.92 Å². The van der Waals surface area contributed by atoms with Gasteiger partial charge in [0.25, 0.3) is 0 Å². The van der Waals surface area contributed by atoms with E-state index in [1.54, 1.807) is 7.11 Å². The largest absolute Gasteiger partial charge is 0.493 e. The maximum absolute atomic E-state index is 5.80. The molecule has 20 heavy (non-hydrogen) atoms. The Labute approximate surface area is 123 Å². The second-order valence-corrected chi connectivity index (χ2v) is 5.71. The highest BCUT2D eigenvalue weighted by Gasteiger charge is 2.07. The first-order chi connectivity index (χ1) is 9.56. The van der Waals surface area contributed by atoms with Crippen LogP contribution in [-0.4, -0.2) is 19.8 Å². The second kappa shape index (κ2) is 8.85. The number of ether oxygens (including phenoxy) is 2. The molecule has 1 unspecified atom stereocenters. The van der Waals surface area contributed by atoms with E-state index < -0.39 is 0 Å². The van der Waals surface area contributed by atoms with Gasteiger partial charge < -0.3 is 14.8 Å². The van der Waals surface area contributed by atoms with Gasteiger partial charge in [-0.25, -0.2) is 0 Å². The first-order valence-corrected chi connectivity index (χ1v) is 7.59. The van der Waals surface area contributed by atoms with Crippen LogP contribution in [-0.2, 0) is 6.54 Å². The highest BCUT2D eigenvalue weighted by Crippen LogP contribution is 2.28. The van der Waals surface area contributed by atoms with Gasteiger partial charge in [-0.2, -0.15) is 0 Å². The Bertz CT molecular complexity index is 391. The molecule has 3 heteroatoms. The lowest BCUT2D eigenvalue weighted by Gasteiger charge is -2.15. The Balaban J connectivity index is 2.60. The molecule has 1 rings (SSSR count). The van der Waals surface area contributed by atoms with Crippen LogP contribution >= 0.6 is 0 Å². The highest BCUT2D eigenvalue weighted by molar-refractivity contribution is 5.42. The normalized spacial score (nSPS) is 12.5. The number of nitrogens with one attached hydrogen (secondary N) is 1. The minimum absolute atomic E-state index is 0.531. The van der Waals surface area contributed by atoms with Crippen LogP contribution in [0, 0.1) is 5.92 Å². The zero-order valence-corrected chi connectivity index (χ0v) is 13.5. The van der Waals surface area contributed by atoms with Gasteiger partial charge in [0.15, 0.2) is 11.5 Å². The molecule has 0 aliphatic rings. The summed E-state index contributed by atoms with van der Waals surface area (Å²) in [6.07, 6.45) is 2.19. The minimum atomic E-state index is 0.531. The van der Waals surface area contributed by atoms with Gasteiger partial charge in [0, 0.05) is 12.6 Å². The molecule has 0 fully saturated rings. The Morgan fingerprint density at radius 3 is 2.50 bits per heavy atom. The van der Waals surface area contributed by atoms with Crippen LogP contribution in [0.15, 0.2) is 18.2 Å². The maximum Gasteiger partial charge on any atom is 0.161 e. The molecule has 0 spiro atoms. The predicted molar refractivity (Wildman–Crippen MR) is 84.5 cm³/mol. The smallest absolute Gasteiger partial charge is 0.161 e. The third-order valence-corrected chi connectivity index (χ3v) is 3.45. The summed E-state index contributed by atoms with van der Waals surface area (Å²) >= 11 is 0. The summed E-state index contributed by atoms with van der Waals surface area (Å²) in [5.74, 6) is 2.30. The summed E-state index contributed by atoms with van der Waals surface area (Å²) in [6, 6.07) is 6.69. The molecule has 0 saturated carbocycles. The molecule has 0 radical (unpaired) electrons. The van der Waals surface area contributed by atoms with Crippen LogP contribution in [0.25, 0.3) is 0 Å². The lowest BCUT2D eigenvalue weighted by molar-refractivity contribution is 0.273. The molecule has 1 atom stereocenters. The van der Waals surface area contributed by atoms with Gasteiger partial charge in [0.1, 0.15) is 0 Å². The average molecular weight is 279 g/mol. The summed E-state index contributed by atoms with van der Waals surface area (Å²) in [4.78, 5) is 0. The van der Waals surface area contributed by atoms with Crippen molar-refractivity contribution in [2.75, 3.05) is 13.7 Å². The fourth-order valence-electron chi connectivity index (χ4n) is 1.78. The molecule has 1 N–H and O–H groups in total. The average Bonchev–Trinajstić information content (AvgIpc) is 2.45. The summed E-state index contributed by atoms with van der Waals surface area (Å²) < 4.78 is 11.2. The molecule has 0 bridgehead atoms. The topological polar surface area (TPSA) is 30.5 Å². The van der Waals surface area contributed by atoms with Crippen molar-refractivity contribution < 1.29 is 9.47 Å². The van der Waals surface area contributed by atoms with E-state index in [1.165, 1.54) is 5.56 Å². The van der Waals surface area contributed by atoms with Crippen LogP contribution in [0.5, 0.6) is 11.5 Å². The lowest BCUT2D eigenvalue weighted by atomic mass is 10.1. The molecule has 3 nitrogen and oxygen atoms in total. The number of benzene rings is 1. The van der Waals surface area contributed by atoms with Crippen molar-refractivity contribution in [1.29, 1.82) is 0 Å². The van der Waals surface area contributed by atoms with Crippen molar-refractivity contribution in [3.05, 3.63) is 23.8 Å². The summed E-state index contributed by atoms with van der Waals surface area (Å²) in [7, 11) is 1.69. The zero-order valence-electron chi connectivity index (χ0n) is 13.5. The van der Waals surface area contributed by atoms with E-state index in [-0.39, 0.29) is 0 Å².